The minimum Gasteiger partial charge on any atom is -0.265 e. The normalized spacial score (nSPS) is 8.34. The van der Waals surface area contributed by atoms with E-state index in [9.17, 15) is 0 Å². The molecule has 7 aromatic rings. The third-order valence-corrected chi connectivity index (χ3v) is 6.63. The molecule has 0 aliphatic rings. The highest BCUT2D eigenvalue weighted by Crippen LogP contribution is 2.11. The minimum atomic E-state index is 0. The molecule has 0 aliphatic carbocycles. The lowest BCUT2D eigenvalue weighted by Crippen LogP contribution is -1.86. The van der Waals surface area contributed by atoms with E-state index in [1.54, 1.807) is 18.6 Å². The van der Waals surface area contributed by atoms with Gasteiger partial charge >= 0.3 is 0 Å². The van der Waals surface area contributed by atoms with Gasteiger partial charge < -0.3 is 0 Å². The van der Waals surface area contributed by atoms with Crippen molar-refractivity contribution in [1.29, 1.82) is 0 Å². The quantitative estimate of drug-likeness (QED) is 0.178. The Kier molecular flexibility index (Phi) is 35.8. The number of nitrogens with zero attached hydrogens (tertiary/aromatic N) is 2. The van der Waals surface area contributed by atoms with Crippen LogP contribution < -0.4 is 0 Å². The molecule has 0 aliphatic heterocycles. The number of hydrogen-bond donors (Lipinski definition) is 0. The van der Waals surface area contributed by atoms with Crippen LogP contribution >= 0.6 is 0 Å². The molecule has 2 aromatic heterocycles. The summed E-state index contributed by atoms with van der Waals surface area (Å²) in [5.74, 6) is 0. The van der Waals surface area contributed by atoms with Crippen molar-refractivity contribution in [2.75, 3.05) is 0 Å². The smallest absolute Gasteiger partial charge is 0.0297 e. The van der Waals surface area contributed by atoms with Crippen LogP contribution in [0.15, 0.2) is 183 Å². The molecule has 0 N–H and O–H groups in total. The second-order valence-corrected chi connectivity index (χ2v) is 10.7. The van der Waals surface area contributed by atoms with Gasteiger partial charge in [-0.15, -0.1) is 0 Å². The highest BCUT2D eigenvalue weighted by molar-refractivity contribution is 5.82. The van der Waals surface area contributed by atoms with Crippen LogP contribution in [0.4, 0.5) is 0 Å². The van der Waals surface area contributed by atoms with Crippen LogP contribution in [0, 0.1) is 27.7 Å². The van der Waals surface area contributed by atoms with Gasteiger partial charge in [-0.3, -0.25) is 9.97 Å². The lowest BCUT2D eigenvalue weighted by Gasteiger charge is -2.01. The van der Waals surface area contributed by atoms with Crippen molar-refractivity contribution in [1.82, 2.24) is 9.97 Å². The van der Waals surface area contributed by atoms with Crippen molar-refractivity contribution in [2.45, 2.75) is 90.5 Å². The minimum absolute atomic E-state index is 0. The van der Waals surface area contributed by atoms with Crippen molar-refractivity contribution in [3.05, 3.63) is 216 Å². The number of aromatic nitrogens is 2. The first kappa shape index (κ1) is 52.0. The van der Waals surface area contributed by atoms with Crippen molar-refractivity contribution < 1.29 is 0 Å². The average Bonchev–Trinajstić information content (AvgIpc) is 3.20. The molecule has 2 heterocycles. The molecular weight excluding hydrogens is 641 g/mol. The van der Waals surface area contributed by atoms with Gasteiger partial charge in [-0.2, -0.15) is 0 Å². The highest BCUT2D eigenvalue weighted by atomic mass is 14.6. The van der Waals surface area contributed by atoms with E-state index in [1.807, 2.05) is 104 Å². The summed E-state index contributed by atoms with van der Waals surface area (Å²) in [4.78, 5) is 7.73. The van der Waals surface area contributed by atoms with Gasteiger partial charge in [-0.1, -0.05) is 207 Å². The van der Waals surface area contributed by atoms with Gasteiger partial charge in [0.1, 0.15) is 0 Å². The standard InChI is InChI=1S/C14H14.C10H8.C7H8.2C6H7N.3C2H6.2CH4/c1-12-7-9-14(10-8-12)11-13-5-3-2-4-6-13;1-2-6-10-8-4-3-7-9(10)5-1;1-7-5-3-2-4-6-7;1-6-2-4-7-5-3-6;1-6-3-2-4-7-5-6;3*1-2;;/h2-10H,11H2,1H3;1-8H;2-6H,1H3;2*2-5H,1H3;3*1-2H3;2*1H4. The van der Waals surface area contributed by atoms with Crippen molar-refractivity contribution in [2.24, 2.45) is 0 Å². The van der Waals surface area contributed by atoms with Crippen LogP contribution in [0.2, 0.25) is 0 Å². The van der Waals surface area contributed by atoms with Crippen LogP contribution in [0.1, 0.15) is 89.8 Å². The summed E-state index contributed by atoms with van der Waals surface area (Å²) in [7, 11) is 0. The fourth-order valence-corrected chi connectivity index (χ4v) is 4.08. The zero-order valence-corrected chi connectivity index (χ0v) is 32.9. The number of hydrogen-bond acceptors (Lipinski definition) is 2. The number of fused-ring (bicyclic) bond motifs is 1. The first-order chi connectivity index (χ1) is 25.0. The third kappa shape index (κ3) is 27.0. The Balaban J connectivity index is -0.000000578. The molecule has 0 unspecified atom stereocenters. The largest absolute Gasteiger partial charge is 0.265 e. The van der Waals surface area contributed by atoms with Crippen LogP contribution in [-0.4, -0.2) is 9.97 Å². The van der Waals surface area contributed by atoms with Gasteiger partial charge in [0.2, 0.25) is 0 Å². The SMILES string of the molecule is C.C.CC.CC.CC.Cc1ccc(Cc2ccccc2)cc1.Cc1ccccc1.Cc1cccnc1.Cc1ccncc1.c1ccc2ccccc2c1. The maximum Gasteiger partial charge on any atom is 0.0297 e. The fraction of sp³-hybridized carbons (Fsp3) is 0.255. The summed E-state index contributed by atoms with van der Waals surface area (Å²) in [5.41, 5.74) is 7.86. The molecule has 0 saturated carbocycles. The molecule has 53 heavy (non-hydrogen) atoms. The Morgan fingerprint density at radius 3 is 1.00 bits per heavy atom. The van der Waals surface area contributed by atoms with E-state index in [4.69, 9.17) is 0 Å². The monoisotopic (exact) mass is 711 g/mol. The van der Waals surface area contributed by atoms with Crippen LogP contribution in [0.3, 0.4) is 0 Å². The molecule has 284 valence electrons. The van der Waals surface area contributed by atoms with E-state index in [0.717, 1.165) is 6.42 Å². The molecule has 0 radical (unpaired) electrons. The van der Waals surface area contributed by atoms with Gasteiger partial charge in [0.25, 0.3) is 0 Å². The summed E-state index contributed by atoms with van der Waals surface area (Å²) in [6.07, 6.45) is 8.21. The predicted molar refractivity (Wildman–Crippen MR) is 241 cm³/mol. The fourth-order valence-electron chi connectivity index (χ4n) is 4.08. The first-order valence-electron chi connectivity index (χ1n) is 18.3. The number of pyridine rings is 2. The van der Waals surface area contributed by atoms with E-state index in [2.05, 4.69) is 139 Å². The van der Waals surface area contributed by atoms with Crippen molar-refractivity contribution >= 4 is 10.8 Å². The summed E-state index contributed by atoms with van der Waals surface area (Å²) >= 11 is 0. The van der Waals surface area contributed by atoms with Gasteiger partial charge in [-0.25, -0.2) is 0 Å². The number of rotatable bonds is 2. The highest BCUT2D eigenvalue weighted by Gasteiger charge is 1.94. The number of benzene rings is 5. The molecule has 0 saturated heterocycles. The maximum atomic E-state index is 3.88. The Bertz CT molecular complexity index is 1560. The second kappa shape index (κ2) is 36.5. The van der Waals surface area contributed by atoms with Gasteiger partial charge in [0.15, 0.2) is 0 Å². The van der Waals surface area contributed by atoms with Gasteiger partial charge in [0, 0.05) is 24.8 Å². The Hall–Kier alpha value is -5.34. The Labute approximate surface area is 326 Å². The zero-order chi connectivity index (χ0) is 38.0. The molecule has 0 fully saturated rings. The van der Waals surface area contributed by atoms with E-state index >= 15 is 0 Å². The lowest BCUT2D eigenvalue weighted by atomic mass is 10.0. The molecule has 0 amide bonds. The summed E-state index contributed by atoms with van der Waals surface area (Å²) < 4.78 is 0. The Morgan fingerprint density at radius 1 is 0.321 bits per heavy atom. The average molecular weight is 711 g/mol. The lowest BCUT2D eigenvalue weighted by molar-refractivity contribution is 1.19. The molecule has 2 heteroatoms. The second-order valence-electron chi connectivity index (χ2n) is 10.7. The van der Waals surface area contributed by atoms with Gasteiger partial charge in [-0.05, 0) is 85.3 Å². The summed E-state index contributed by atoms with van der Waals surface area (Å²) in [6, 6.07) is 54.2. The molecule has 2 nitrogen and oxygen atoms in total. The van der Waals surface area contributed by atoms with E-state index in [-0.39, 0.29) is 14.9 Å². The predicted octanol–water partition coefficient (Wildman–Crippen LogP) is 15.6. The molecule has 7 rings (SSSR count). The van der Waals surface area contributed by atoms with Gasteiger partial charge in [0.05, 0.1) is 0 Å². The zero-order valence-electron chi connectivity index (χ0n) is 32.9. The molecule has 5 aromatic carbocycles. The maximum absolute atomic E-state index is 3.88. The van der Waals surface area contributed by atoms with Crippen molar-refractivity contribution in [3.63, 3.8) is 0 Å². The topological polar surface area (TPSA) is 25.8 Å². The van der Waals surface area contributed by atoms with Crippen LogP contribution in [-0.2, 0) is 6.42 Å². The molecular formula is C51H70N2. The third-order valence-electron chi connectivity index (χ3n) is 6.63. The van der Waals surface area contributed by atoms with Crippen LogP contribution in [0.25, 0.3) is 10.8 Å². The van der Waals surface area contributed by atoms with E-state index < -0.39 is 0 Å². The molecule has 0 bridgehead atoms. The van der Waals surface area contributed by atoms with E-state index in [0.29, 0.717) is 0 Å². The number of aryl methyl sites for hydroxylation is 4. The Morgan fingerprint density at radius 2 is 0.679 bits per heavy atom. The van der Waals surface area contributed by atoms with Crippen molar-refractivity contribution in [3.8, 4) is 0 Å². The summed E-state index contributed by atoms with van der Waals surface area (Å²) in [5, 5.41) is 2.62. The molecule has 0 spiro atoms. The van der Waals surface area contributed by atoms with Crippen LogP contribution in [0.5, 0.6) is 0 Å². The van der Waals surface area contributed by atoms with E-state index in [1.165, 1.54) is 44.2 Å². The summed E-state index contributed by atoms with van der Waals surface area (Å²) in [6.45, 7) is 20.3. The first-order valence-corrected chi connectivity index (χ1v) is 18.3. The molecule has 0 atom stereocenters.